The number of hydrogen-bond donors (Lipinski definition) is 2. The third-order valence-corrected chi connectivity index (χ3v) is 4.63. The second kappa shape index (κ2) is 7.89. The van der Waals surface area contributed by atoms with Gasteiger partial charge in [0.25, 0.3) is 0 Å². The van der Waals surface area contributed by atoms with Crippen LogP contribution in [0.25, 0.3) is 0 Å². The van der Waals surface area contributed by atoms with Crippen LogP contribution in [0.3, 0.4) is 0 Å². The number of halogens is 1. The van der Waals surface area contributed by atoms with Crippen LogP contribution in [-0.2, 0) is 5.75 Å². The molecule has 1 aromatic heterocycles. The third-order valence-electron chi connectivity index (χ3n) is 2.96. The lowest BCUT2D eigenvalue weighted by Gasteiger charge is -2.05. The lowest BCUT2D eigenvalue weighted by atomic mass is 10.2. The number of rotatable bonds is 5. The average Bonchev–Trinajstić information content (AvgIpc) is 3.03. The van der Waals surface area contributed by atoms with E-state index in [2.05, 4.69) is 20.0 Å². The summed E-state index contributed by atoms with van der Waals surface area (Å²) < 4.78 is 17.7. The zero-order chi connectivity index (χ0) is 16.8. The minimum absolute atomic E-state index is 0.109. The van der Waals surface area contributed by atoms with Crippen LogP contribution in [0.4, 0.5) is 20.0 Å². The molecule has 0 atom stereocenters. The van der Waals surface area contributed by atoms with Gasteiger partial charge in [0.2, 0.25) is 10.3 Å². The number of carbonyl (C=O) groups excluding carboxylic acids is 1. The van der Waals surface area contributed by atoms with Gasteiger partial charge in [0.15, 0.2) is 0 Å². The van der Waals surface area contributed by atoms with Crippen LogP contribution in [0, 0.1) is 5.82 Å². The van der Waals surface area contributed by atoms with E-state index in [-0.39, 0.29) is 5.69 Å². The minimum Gasteiger partial charge on any atom is -0.305 e. The van der Waals surface area contributed by atoms with E-state index in [1.165, 1.54) is 29.5 Å². The molecule has 3 aromatic rings. The van der Waals surface area contributed by atoms with E-state index in [0.29, 0.717) is 10.3 Å². The quantitative estimate of drug-likeness (QED) is 0.652. The molecule has 0 unspecified atom stereocenters. The highest BCUT2D eigenvalue weighted by molar-refractivity contribution is 7.98. The standard InChI is InChI=1S/C16H13FN4OS2/c17-12-8-4-5-9-13(12)18-14(22)19-15-20-16(21-24-15)23-10-11-6-2-1-3-7-11/h1-9H,10H2,(H2,18,19,20,21,22). The monoisotopic (exact) mass is 360 g/mol. The topological polar surface area (TPSA) is 66.9 Å². The van der Waals surface area contributed by atoms with Crippen LogP contribution in [0.2, 0.25) is 0 Å². The molecule has 2 aromatic carbocycles. The van der Waals surface area contributed by atoms with Gasteiger partial charge in [0.05, 0.1) is 5.69 Å². The molecule has 122 valence electrons. The van der Waals surface area contributed by atoms with E-state index in [1.54, 1.807) is 12.1 Å². The smallest absolute Gasteiger partial charge is 0.305 e. The highest BCUT2D eigenvalue weighted by atomic mass is 32.2. The first-order valence-electron chi connectivity index (χ1n) is 7.04. The fourth-order valence-electron chi connectivity index (χ4n) is 1.85. The van der Waals surface area contributed by atoms with Gasteiger partial charge < -0.3 is 5.32 Å². The molecule has 0 aliphatic rings. The number of para-hydroxylation sites is 1. The first-order chi connectivity index (χ1) is 11.7. The van der Waals surface area contributed by atoms with Crippen molar-refractivity contribution in [2.24, 2.45) is 0 Å². The van der Waals surface area contributed by atoms with Crippen molar-refractivity contribution in [2.75, 3.05) is 10.6 Å². The summed E-state index contributed by atoms with van der Waals surface area (Å²) in [5.74, 6) is 0.252. The Hall–Kier alpha value is -2.45. The molecule has 3 rings (SSSR count). The van der Waals surface area contributed by atoms with Gasteiger partial charge in [0, 0.05) is 17.3 Å². The van der Waals surface area contributed by atoms with E-state index >= 15 is 0 Å². The number of aromatic nitrogens is 2. The summed E-state index contributed by atoms with van der Waals surface area (Å²) in [6.07, 6.45) is 0. The summed E-state index contributed by atoms with van der Waals surface area (Å²) in [6.45, 7) is 0. The maximum Gasteiger partial charge on any atom is 0.325 e. The zero-order valence-electron chi connectivity index (χ0n) is 12.4. The van der Waals surface area contributed by atoms with Gasteiger partial charge >= 0.3 is 6.03 Å². The highest BCUT2D eigenvalue weighted by Crippen LogP contribution is 2.23. The molecular formula is C16H13FN4OS2. The summed E-state index contributed by atoms with van der Waals surface area (Å²) >= 11 is 2.56. The summed E-state index contributed by atoms with van der Waals surface area (Å²) in [4.78, 5) is 16.1. The number of hydrogen-bond acceptors (Lipinski definition) is 5. The van der Waals surface area contributed by atoms with Crippen molar-refractivity contribution >= 4 is 40.1 Å². The van der Waals surface area contributed by atoms with Gasteiger partial charge in [-0.15, -0.1) is 0 Å². The molecule has 5 nitrogen and oxygen atoms in total. The summed E-state index contributed by atoms with van der Waals surface area (Å²) in [5, 5.41) is 5.93. The second-order valence-corrected chi connectivity index (χ2v) is 6.41. The van der Waals surface area contributed by atoms with Gasteiger partial charge in [-0.25, -0.2) is 9.18 Å². The number of carbonyl (C=O) groups is 1. The highest BCUT2D eigenvalue weighted by Gasteiger charge is 2.10. The Kier molecular flexibility index (Phi) is 5.39. The number of nitrogens with zero attached hydrogens (tertiary/aromatic N) is 2. The molecule has 1 heterocycles. The molecule has 0 fully saturated rings. The average molecular weight is 360 g/mol. The van der Waals surface area contributed by atoms with E-state index in [1.807, 2.05) is 30.3 Å². The zero-order valence-corrected chi connectivity index (χ0v) is 14.0. The fourth-order valence-corrected chi connectivity index (χ4v) is 3.35. The SMILES string of the molecule is O=C(Nc1nc(SCc2ccccc2)ns1)Nc1ccccc1F. The molecule has 0 aliphatic heterocycles. The van der Waals surface area contributed by atoms with Crippen molar-refractivity contribution in [1.82, 2.24) is 9.36 Å². The summed E-state index contributed by atoms with van der Waals surface area (Å²) in [6, 6.07) is 15.4. The van der Waals surface area contributed by atoms with Gasteiger partial charge in [-0.05, 0) is 17.7 Å². The van der Waals surface area contributed by atoms with Crippen molar-refractivity contribution < 1.29 is 9.18 Å². The van der Waals surface area contributed by atoms with Crippen LogP contribution in [0.1, 0.15) is 5.56 Å². The Morgan fingerprint density at radius 2 is 1.83 bits per heavy atom. The number of benzene rings is 2. The third kappa shape index (κ3) is 4.53. The Morgan fingerprint density at radius 3 is 2.62 bits per heavy atom. The lowest BCUT2D eigenvalue weighted by molar-refractivity contribution is 0.262. The molecular weight excluding hydrogens is 347 g/mol. The van der Waals surface area contributed by atoms with Crippen LogP contribution in [0.15, 0.2) is 59.8 Å². The summed E-state index contributed by atoms with van der Waals surface area (Å²) in [7, 11) is 0. The van der Waals surface area contributed by atoms with E-state index in [9.17, 15) is 9.18 Å². The Balaban J connectivity index is 1.54. The van der Waals surface area contributed by atoms with E-state index < -0.39 is 11.8 Å². The number of urea groups is 1. The molecule has 0 aliphatic carbocycles. The second-order valence-electron chi connectivity index (χ2n) is 4.72. The van der Waals surface area contributed by atoms with Crippen LogP contribution in [0.5, 0.6) is 0 Å². The van der Waals surface area contributed by atoms with Crippen molar-refractivity contribution in [3.63, 3.8) is 0 Å². The predicted octanol–water partition coefficient (Wildman–Crippen LogP) is 4.61. The maximum absolute atomic E-state index is 13.5. The Labute approximate surface area is 146 Å². The first-order valence-corrected chi connectivity index (χ1v) is 8.79. The normalized spacial score (nSPS) is 10.4. The van der Waals surface area contributed by atoms with E-state index in [0.717, 1.165) is 17.3 Å². The molecule has 0 radical (unpaired) electrons. The van der Waals surface area contributed by atoms with Gasteiger partial charge in [-0.2, -0.15) is 9.36 Å². The first kappa shape index (κ1) is 16.4. The molecule has 2 N–H and O–H groups in total. The van der Waals surface area contributed by atoms with Crippen molar-refractivity contribution in [1.29, 1.82) is 0 Å². The van der Waals surface area contributed by atoms with Crippen LogP contribution < -0.4 is 10.6 Å². The molecule has 8 heteroatoms. The van der Waals surface area contributed by atoms with E-state index in [4.69, 9.17) is 0 Å². The lowest BCUT2D eigenvalue weighted by Crippen LogP contribution is -2.19. The Morgan fingerprint density at radius 1 is 1.08 bits per heavy atom. The van der Waals surface area contributed by atoms with Gasteiger partial charge in [-0.1, -0.05) is 54.2 Å². The minimum atomic E-state index is -0.559. The predicted molar refractivity (Wildman–Crippen MR) is 95.0 cm³/mol. The van der Waals surface area contributed by atoms with Crippen molar-refractivity contribution in [2.45, 2.75) is 10.9 Å². The number of anilines is 2. The molecule has 0 bridgehead atoms. The maximum atomic E-state index is 13.5. The number of nitrogens with one attached hydrogen (secondary N) is 2. The molecule has 0 spiro atoms. The number of thioether (sulfide) groups is 1. The Bertz CT molecular complexity index is 826. The molecule has 0 saturated heterocycles. The molecule has 0 saturated carbocycles. The van der Waals surface area contributed by atoms with Crippen molar-refractivity contribution in [3.8, 4) is 0 Å². The molecule has 24 heavy (non-hydrogen) atoms. The fraction of sp³-hybridized carbons (Fsp3) is 0.0625. The summed E-state index contributed by atoms with van der Waals surface area (Å²) in [5.41, 5.74) is 1.28. The van der Waals surface area contributed by atoms with Crippen molar-refractivity contribution in [3.05, 3.63) is 66.0 Å². The van der Waals surface area contributed by atoms with Crippen LogP contribution in [-0.4, -0.2) is 15.4 Å². The number of amides is 2. The largest absolute Gasteiger partial charge is 0.325 e. The molecule has 2 amide bonds. The van der Waals surface area contributed by atoms with Gasteiger partial charge in [0.1, 0.15) is 5.82 Å². The van der Waals surface area contributed by atoms with Gasteiger partial charge in [-0.3, -0.25) is 5.32 Å². The van der Waals surface area contributed by atoms with Crippen LogP contribution >= 0.6 is 23.3 Å².